The first-order chi connectivity index (χ1) is 12.2. The van der Waals surface area contributed by atoms with E-state index in [9.17, 15) is 8.42 Å². The van der Waals surface area contributed by atoms with E-state index >= 15 is 0 Å². The van der Waals surface area contributed by atoms with Crippen LogP contribution in [0, 0.1) is 0 Å². The van der Waals surface area contributed by atoms with Gasteiger partial charge in [-0.1, -0.05) is 23.4 Å². The average Bonchev–Trinajstić information content (AvgIpc) is 3.37. The fourth-order valence-electron chi connectivity index (χ4n) is 2.26. The van der Waals surface area contributed by atoms with Gasteiger partial charge >= 0.3 is 0 Å². The highest BCUT2D eigenvalue weighted by Crippen LogP contribution is 2.34. The Morgan fingerprint density at radius 3 is 2.76 bits per heavy atom. The number of anilines is 2. The smallest absolute Gasteiger partial charge is 0.279 e. The minimum atomic E-state index is -3.85. The first-order valence-corrected chi connectivity index (χ1v) is 9.31. The van der Waals surface area contributed by atoms with E-state index in [0.717, 1.165) is 15.6 Å². The summed E-state index contributed by atoms with van der Waals surface area (Å²) < 4.78 is 32.3. The van der Waals surface area contributed by atoms with Gasteiger partial charge in [-0.2, -0.15) is 13.6 Å². The summed E-state index contributed by atoms with van der Waals surface area (Å²) in [5.74, 6) is 0.508. The summed E-state index contributed by atoms with van der Waals surface area (Å²) in [4.78, 5) is 0. The second kappa shape index (κ2) is 6.11. The van der Waals surface area contributed by atoms with Crippen molar-refractivity contribution in [2.75, 3.05) is 4.31 Å². The van der Waals surface area contributed by atoms with Gasteiger partial charge in [-0.15, -0.1) is 21.5 Å². The van der Waals surface area contributed by atoms with Crippen molar-refractivity contribution >= 4 is 32.9 Å². The third-order valence-electron chi connectivity index (χ3n) is 3.31. The zero-order chi connectivity index (χ0) is 17.3. The Balaban J connectivity index is 1.87. The van der Waals surface area contributed by atoms with Crippen LogP contribution >= 0.6 is 11.3 Å². The molecule has 0 aliphatic carbocycles. The van der Waals surface area contributed by atoms with Gasteiger partial charge in [0.2, 0.25) is 5.82 Å². The highest BCUT2D eigenvalue weighted by molar-refractivity contribution is 7.95. The van der Waals surface area contributed by atoms with E-state index in [1.165, 1.54) is 18.4 Å². The maximum Gasteiger partial charge on any atom is 0.279 e. The summed E-state index contributed by atoms with van der Waals surface area (Å²) in [5.41, 5.74) is 0.991. The fourth-order valence-corrected chi connectivity index (χ4v) is 4.75. The molecule has 0 bridgehead atoms. The minimum Gasteiger partial charge on any atom is -0.363 e. The molecular weight excluding hydrogens is 364 g/mol. The number of benzene rings is 1. The van der Waals surface area contributed by atoms with E-state index in [1.807, 2.05) is 0 Å². The van der Waals surface area contributed by atoms with Crippen molar-refractivity contribution in [1.29, 1.82) is 0 Å². The number of aromatic nitrogens is 5. The largest absolute Gasteiger partial charge is 0.363 e. The summed E-state index contributed by atoms with van der Waals surface area (Å²) in [6.45, 7) is 0. The summed E-state index contributed by atoms with van der Waals surface area (Å²) in [7, 11) is -3.85. The number of thiophene rings is 1. The lowest BCUT2D eigenvalue weighted by Crippen LogP contribution is -2.25. The van der Waals surface area contributed by atoms with Crippen LogP contribution in [0.3, 0.4) is 0 Å². The SMILES string of the molecule is O=S(=O)(c1cccs1)N(c1cccc(-c2nn[nH]n2)c1)c1ccon1. The van der Waals surface area contributed by atoms with E-state index in [4.69, 9.17) is 4.52 Å². The zero-order valence-corrected chi connectivity index (χ0v) is 14.1. The predicted octanol–water partition coefficient (Wildman–Crippen LogP) is 2.44. The lowest BCUT2D eigenvalue weighted by Gasteiger charge is -2.21. The van der Waals surface area contributed by atoms with E-state index in [1.54, 1.807) is 35.7 Å². The number of aromatic amines is 1. The number of rotatable bonds is 5. The van der Waals surface area contributed by atoms with Gasteiger partial charge in [0.25, 0.3) is 10.0 Å². The molecule has 11 heteroatoms. The van der Waals surface area contributed by atoms with Crippen LogP contribution in [0.1, 0.15) is 0 Å². The Morgan fingerprint density at radius 2 is 2.08 bits per heavy atom. The van der Waals surface area contributed by atoms with E-state index in [0.29, 0.717) is 17.1 Å². The van der Waals surface area contributed by atoms with Crippen LogP contribution in [-0.4, -0.2) is 34.2 Å². The number of sulfonamides is 1. The first-order valence-electron chi connectivity index (χ1n) is 6.99. The molecule has 1 aromatic carbocycles. The number of H-pyrrole nitrogens is 1. The third kappa shape index (κ3) is 2.79. The summed E-state index contributed by atoms with van der Waals surface area (Å²) in [5, 5.41) is 19.2. The second-order valence-corrected chi connectivity index (χ2v) is 7.81. The Morgan fingerprint density at radius 1 is 1.16 bits per heavy atom. The normalized spacial score (nSPS) is 11.5. The molecule has 4 aromatic rings. The van der Waals surface area contributed by atoms with Crippen LogP contribution in [0.15, 0.2) is 62.8 Å². The molecule has 0 fully saturated rings. The summed E-state index contributed by atoms with van der Waals surface area (Å²) in [6, 6.07) is 11.5. The molecule has 1 N–H and O–H groups in total. The van der Waals surface area contributed by atoms with Crippen LogP contribution in [0.5, 0.6) is 0 Å². The van der Waals surface area contributed by atoms with E-state index in [-0.39, 0.29) is 10.0 Å². The molecule has 4 rings (SSSR count). The summed E-state index contributed by atoms with van der Waals surface area (Å²) >= 11 is 1.12. The lowest BCUT2D eigenvalue weighted by atomic mass is 10.2. The molecule has 0 spiro atoms. The summed E-state index contributed by atoms with van der Waals surface area (Å²) in [6.07, 6.45) is 1.31. The van der Waals surface area contributed by atoms with Gasteiger partial charge in [0.05, 0.1) is 5.69 Å². The lowest BCUT2D eigenvalue weighted by molar-refractivity contribution is 0.421. The highest BCUT2D eigenvalue weighted by atomic mass is 32.2. The molecule has 126 valence electrons. The quantitative estimate of drug-likeness (QED) is 0.570. The van der Waals surface area contributed by atoms with Crippen molar-refractivity contribution in [3.63, 3.8) is 0 Å². The van der Waals surface area contributed by atoms with E-state index in [2.05, 4.69) is 25.8 Å². The van der Waals surface area contributed by atoms with Gasteiger partial charge in [0.1, 0.15) is 10.5 Å². The average molecular weight is 374 g/mol. The number of hydrogen-bond donors (Lipinski definition) is 1. The van der Waals surface area contributed by atoms with Gasteiger partial charge in [-0.3, -0.25) is 0 Å². The van der Waals surface area contributed by atoms with Crippen LogP contribution < -0.4 is 4.31 Å². The van der Waals surface area contributed by atoms with Crippen LogP contribution in [0.2, 0.25) is 0 Å². The maximum absolute atomic E-state index is 13.1. The predicted molar refractivity (Wildman–Crippen MR) is 89.8 cm³/mol. The van der Waals surface area contributed by atoms with Crippen LogP contribution in [-0.2, 0) is 10.0 Å². The van der Waals surface area contributed by atoms with Crippen LogP contribution in [0.4, 0.5) is 11.5 Å². The topological polar surface area (TPSA) is 118 Å². The Labute approximate surface area is 146 Å². The van der Waals surface area contributed by atoms with Crippen molar-refractivity contribution < 1.29 is 12.9 Å². The zero-order valence-electron chi connectivity index (χ0n) is 12.5. The van der Waals surface area contributed by atoms with Crippen molar-refractivity contribution in [1.82, 2.24) is 25.8 Å². The number of tetrazole rings is 1. The second-order valence-electron chi connectivity index (χ2n) is 4.84. The molecule has 0 radical (unpaired) electrons. The molecule has 0 saturated carbocycles. The Kier molecular flexibility index (Phi) is 3.78. The van der Waals surface area contributed by atoms with Gasteiger partial charge in [0, 0.05) is 11.6 Å². The van der Waals surface area contributed by atoms with Crippen molar-refractivity contribution in [2.45, 2.75) is 4.21 Å². The molecule has 3 heterocycles. The van der Waals surface area contributed by atoms with Gasteiger partial charge in [-0.25, -0.2) is 4.31 Å². The molecule has 25 heavy (non-hydrogen) atoms. The molecule has 0 atom stereocenters. The first kappa shape index (κ1) is 15.5. The molecule has 0 aliphatic rings. The molecule has 3 aromatic heterocycles. The molecule has 0 saturated heterocycles. The molecular formula is C14H10N6O3S2. The molecule has 0 unspecified atom stereocenters. The highest BCUT2D eigenvalue weighted by Gasteiger charge is 2.29. The maximum atomic E-state index is 13.1. The number of hydrogen-bond acceptors (Lipinski definition) is 8. The minimum absolute atomic E-state index is 0.152. The Bertz CT molecular complexity index is 1060. The van der Waals surface area contributed by atoms with E-state index < -0.39 is 10.0 Å². The molecule has 0 aliphatic heterocycles. The van der Waals surface area contributed by atoms with Gasteiger partial charge in [0.15, 0.2) is 5.82 Å². The standard InChI is InChI=1S/C14H10N6O3S2/c21-25(22,13-5-2-8-24-13)20(12-6-7-23-17-12)11-4-1-3-10(9-11)14-15-18-19-16-14/h1-9H,(H,15,16,18,19). The Hall–Kier alpha value is -3.05. The van der Waals surface area contributed by atoms with Crippen molar-refractivity contribution in [3.05, 3.63) is 54.1 Å². The molecule has 9 nitrogen and oxygen atoms in total. The van der Waals surface area contributed by atoms with Gasteiger partial charge < -0.3 is 4.52 Å². The molecule has 0 amide bonds. The van der Waals surface area contributed by atoms with Crippen molar-refractivity contribution in [3.8, 4) is 11.4 Å². The fraction of sp³-hybridized carbons (Fsp3) is 0. The number of nitrogens with one attached hydrogen (secondary N) is 1. The monoisotopic (exact) mass is 374 g/mol. The van der Waals surface area contributed by atoms with Gasteiger partial charge in [-0.05, 0) is 28.8 Å². The van der Waals surface area contributed by atoms with Crippen LogP contribution in [0.25, 0.3) is 11.4 Å². The van der Waals surface area contributed by atoms with Crippen molar-refractivity contribution in [2.24, 2.45) is 0 Å². The number of nitrogens with zero attached hydrogens (tertiary/aromatic N) is 5. The third-order valence-corrected chi connectivity index (χ3v) is 6.41.